The molecule has 0 aliphatic heterocycles. The molecule has 0 aliphatic rings. The molecule has 0 radical (unpaired) electrons. The minimum atomic E-state index is -4.07. The number of hydrogen-bond donors (Lipinski definition) is 0. The maximum atomic E-state index is 10.9. The molecule has 0 aromatic heterocycles. The molecule has 6 nitrogen and oxygen atoms in total. The van der Waals surface area contributed by atoms with E-state index in [0.29, 0.717) is 0 Å². The van der Waals surface area contributed by atoms with Crippen LogP contribution in [0.4, 0.5) is 0 Å². The first kappa shape index (κ1) is 45.9. The van der Waals surface area contributed by atoms with E-state index in [1.54, 1.807) is 0 Å². The second kappa shape index (κ2) is 31.9. The van der Waals surface area contributed by atoms with Crippen molar-refractivity contribution in [3.8, 4) is 0 Å². The van der Waals surface area contributed by atoms with Gasteiger partial charge in [0.25, 0.3) is 0 Å². The molecule has 0 heterocycles. The van der Waals surface area contributed by atoms with Crippen LogP contribution in [0.1, 0.15) is 182 Å². The quantitative estimate of drug-likeness (QED) is 0.0463. The first-order chi connectivity index (χ1) is 19.0. The van der Waals surface area contributed by atoms with E-state index in [2.05, 4.69) is 27.7 Å². The van der Waals surface area contributed by atoms with E-state index < -0.39 is 20.2 Å². The fourth-order valence-electron chi connectivity index (χ4n) is 5.35. The Kier molecular flexibility index (Phi) is 35.6. The second-order valence-corrected chi connectivity index (χ2v) is 14.9. The van der Waals surface area contributed by atoms with Gasteiger partial charge in [0.15, 0.2) is 0 Å². The topological polar surface area (TPSA) is 114 Å². The number of unbranched alkanes of at least 4 members (excludes halogenated alkanes) is 16. The van der Waals surface area contributed by atoms with Gasteiger partial charge >= 0.3 is 19.5 Å². The summed E-state index contributed by atoms with van der Waals surface area (Å²) in [5.41, 5.74) is 0. The van der Waals surface area contributed by atoms with Gasteiger partial charge in [-0.3, -0.25) is 0 Å². The van der Waals surface area contributed by atoms with E-state index in [1.165, 1.54) is 89.9 Å². The predicted octanol–water partition coefficient (Wildman–Crippen LogP) is 9.74. The zero-order chi connectivity index (χ0) is 30.5. The molecule has 0 spiro atoms. The van der Waals surface area contributed by atoms with Crippen LogP contribution in [0, 0.1) is 11.8 Å². The molecule has 0 bridgehead atoms. The van der Waals surface area contributed by atoms with Crippen molar-refractivity contribution in [2.75, 3.05) is 11.5 Å². The maximum absolute atomic E-state index is 10.9. The molecule has 9 heteroatoms. The van der Waals surface area contributed by atoms with Crippen LogP contribution >= 0.6 is 0 Å². The van der Waals surface area contributed by atoms with Crippen LogP contribution in [0.5, 0.6) is 0 Å². The van der Waals surface area contributed by atoms with E-state index in [0.717, 1.165) is 64.2 Å². The molecule has 0 rings (SSSR count). The van der Waals surface area contributed by atoms with Gasteiger partial charge in [0.05, 0.1) is 20.2 Å². The molecular weight excluding hydrogens is 610 g/mol. The van der Waals surface area contributed by atoms with E-state index in [4.69, 9.17) is 0 Å². The van der Waals surface area contributed by atoms with Crippen LogP contribution in [0.2, 0.25) is 0 Å². The maximum Gasteiger partial charge on any atom is 2.00 e. The molecule has 0 fully saturated rings. The molecule has 0 amide bonds. The minimum absolute atomic E-state index is 0. The standard InChI is InChI=1S/2C16H34O3S.Zn/c2*1-3-5-7-9-10-12-14-16(15-20(17,18)19)13-11-8-6-4-2;/h2*16H,3-15H2,1-2H3,(H,17,18,19);/q;;+2/p-2. The SMILES string of the molecule is CCCCCCCCC(CCCCCC)CS(=O)(=O)[O-].CCCCCCCCC(CCCCCC)CS(=O)(=O)[O-].[Zn+2]. The van der Waals surface area contributed by atoms with Crippen LogP contribution in [0.25, 0.3) is 0 Å². The fourth-order valence-corrected chi connectivity index (χ4v) is 7.17. The van der Waals surface area contributed by atoms with Crippen LogP contribution in [-0.2, 0) is 39.7 Å². The zero-order valence-corrected chi connectivity index (χ0v) is 32.1. The van der Waals surface area contributed by atoms with Crippen molar-refractivity contribution in [2.24, 2.45) is 11.8 Å². The van der Waals surface area contributed by atoms with Crippen molar-refractivity contribution in [2.45, 2.75) is 182 Å². The largest absolute Gasteiger partial charge is 2.00 e. The van der Waals surface area contributed by atoms with Crippen molar-refractivity contribution in [3.05, 3.63) is 0 Å². The van der Waals surface area contributed by atoms with Gasteiger partial charge < -0.3 is 9.11 Å². The molecule has 0 saturated carbocycles. The zero-order valence-electron chi connectivity index (χ0n) is 27.5. The summed E-state index contributed by atoms with van der Waals surface area (Å²) in [7, 11) is -8.13. The number of hydrogen-bond acceptors (Lipinski definition) is 6. The summed E-state index contributed by atoms with van der Waals surface area (Å²) in [5, 5.41) is 0. The first-order valence-electron chi connectivity index (χ1n) is 16.9. The third-order valence-electron chi connectivity index (χ3n) is 7.74. The molecule has 0 aliphatic carbocycles. The summed E-state index contributed by atoms with van der Waals surface area (Å²) in [6.45, 7) is 8.72. The van der Waals surface area contributed by atoms with Crippen molar-refractivity contribution in [1.82, 2.24) is 0 Å². The van der Waals surface area contributed by atoms with Gasteiger partial charge in [0.1, 0.15) is 0 Å². The molecule has 41 heavy (non-hydrogen) atoms. The smallest absolute Gasteiger partial charge is 0.748 e. The Morgan fingerprint density at radius 3 is 0.805 bits per heavy atom. The average molecular weight is 676 g/mol. The average Bonchev–Trinajstić information content (AvgIpc) is 2.87. The summed E-state index contributed by atoms with van der Waals surface area (Å²) in [4.78, 5) is 0. The molecule has 0 saturated heterocycles. The summed E-state index contributed by atoms with van der Waals surface area (Å²) in [6, 6.07) is 0. The van der Waals surface area contributed by atoms with Crippen molar-refractivity contribution < 1.29 is 45.4 Å². The van der Waals surface area contributed by atoms with Gasteiger partial charge in [0.2, 0.25) is 0 Å². The third-order valence-corrected chi connectivity index (χ3v) is 9.50. The first-order valence-corrected chi connectivity index (χ1v) is 20.0. The summed E-state index contributed by atoms with van der Waals surface area (Å²) >= 11 is 0. The van der Waals surface area contributed by atoms with Crippen molar-refractivity contribution in [3.63, 3.8) is 0 Å². The Labute approximate surface area is 269 Å². The van der Waals surface area contributed by atoms with Crippen molar-refractivity contribution in [1.29, 1.82) is 0 Å². The normalized spacial score (nSPS) is 13.2. The summed E-state index contributed by atoms with van der Waals surface area (Å²) in [5.74, 6) is -0.150. The summed E-state index contributed by atoms with van der Waals surface area (Å²) < 4.78 is 65.7. The predicted molar refractivity (Wildman–Crippen MR) is 170 cm³/mol. The van der Waals surface area contributed by atoms with Crippen LogP contribution in [-0.4, -0.2) is 37.4 Å². The van der Waals surface area contributed by atoms with Crippen LogP contribution in [0.3, 0.4) is 0 Å². The fraction of sp³-hybridized carbons (Fsp3) is 1.00. The molecule has 0 aromatic carbocycles. The Balaban J connectivity index is -0.000000688. The Morgan fingerprint density at radius 2 is 0.585 bits per heavy atom. The molecule has 0 aromatic rings. The van der Waals surface area contributed by atoms with Gasteiger partial charge in [-0.15, -0.1) is 0 Å². The van der Waals surface area contributed by atoms with Crippen LogP contribution in [0.15, 0.2) is 0 Å². The van der Waals surface area contributed by atoms with E-state index in [-0.39, 0.29) is 42.8 Å². The molecule has 2 unspecified atom stereocenters. The molecule has 2 atom stereocenters. The molecule has 244 valence electrons. The van der Waals surface area contributed by atoms with E-state index in [9.17, 15) is 25.9 Å². The summed E-state index contributed by atoms with van der Waals surface area (Å²) in [6.07, 6.45) is 27.4. The third kappa shape index (κ3) is 40.4. The van der Waals surface area contributed by atoms with Gasteiger partial charge in [0, 0.05) is 11.5 Å². The Morgan fingerprint density at radius 1 is 0.390 bits per heavy atom. The second-order valence-electron chi connectivity index (χ2n) is 12.0. The van der Waals surface area contributed by atoms with Gasteiger partial charge in [-0.25, -0.2) is 16.8 Å². The number of rotatable bonds is 28. The van der Waals surface area contributed by atoms with Gasteiger partial charge in [-0.05, 0) is 37.5 Å². The van der Waals surface area contributed by atoms with Gasteiger partial charge in [-0.1, -0.05) is 156 Å². The van der Waals surface area contributed by atoms with E-state index in [1.807, 2.05) is 0 Å². The monoisotopic (exact) mass is 674 g/mol. The van der Waals surface area contributed by atoms with Crippen molar-refractivity contribution >= 4 is 20.2 Å². The molecular formula is C32H66O6S2Zn. The Hall–Kier alpha value is 0.443. The Bertz CT molecular complexity index is 666. The van der Waals surface area contributed by atoms with Gasteiger partial charge in [-0.2, -0.15) is 0 Å². The van der Waals surface area contributed by atoms with Crippen LogP contribution < -0.4 is 0 Å². The van der Waals surface area contributed by atoms with E-state index >= 15 is 0 Å². The minimum Gasteiger partial charge on any atom is -0.748 e. The molecule has 0 N–H and O–H groups in total.